The Morgan fingerprint density at radius 3 is 2.11 bits per heavy atom. The Kier molecular flexibility index (Phi) is 1.46. The molecule has 1 saturated heterocycles. The number of hydrogen-bond acceptors (Lipinski definition) is 2. The Bertz CT molecular complexity index is 118. The molecule has 1 atom stereocenters. The zero-order valence-corrected chi connectivity index (χ0v) is 7.52. The SMILES string of the molecule is CO[Si](C)(C)C1(C)CO1. The van der Waals surface area contributed by atoms with Gasteiger partial charge in [-0.3, -0.25) is 0 Å². The molecule has 1 aliphatic heterocycles. The van der Waals surface area contributed by atoms with Crippen LogP contribution in [0.3, 0.4) is 0 Å². The molecule has 0 radical (unpaired) electrons. The van der Waals surface area contributed by atoms with E-state index in [0.29, 0.717) is 0 Å². The van der Waals surface area contributed by atoms with Gasteiger partial charge in [-0.25, -0.2) is 0 Å². The molecule has 0 N–H and O–H groups in total. The van der Waals surface area contributed by atoms with Crippen LogP contribution in [0.5, 0.6) is 0 Å². The van der Waals surface area contributed by atoms with Crippen molar-refractivity contribution < 1.29 is 9.16 Å². The molecule has 1 unspecified atom stereocenters. The molecule has 0 aromatic carbocycles. The largest absolute Gasteiger partial charge is 0.417 e. The van der Waals surface area contributed by atoms with Crippen LogP contribution >= 0.6 is 0 Å². The van der Waals surface area contributed by atoms with E-state index in [0.717, 1.165) is 6.61 Å². The normalized spacial score (nSPS) is 34.7. The second-order valence-electron chi connectivity index (χ2n) is 3.23. The van der Waals surface area contributed by atoms with Crippen molar-refractivity contribution in [3.8, 4) is 0 Å². The lowest BCUT2D eigenvalue weighted by Crippen LogP contribution is -2.45. The van der Waals surface area contributed by atoms with Crippen LogP contribution in [0.1, 0.15) is 6.92 Å². The maximum atomic E-state index is 5.38. The van der Waals surface area contributed by atoms with Gasteiger partial charge in [-0.05, 0) is 20.0 Å². The van der Waals surface area contributed by atoms with Crippen molar-refractivity contribution >= 4 is 8.32 Å². The summed E-state index contributed by atoms with van der Waals surface area (Å²) >= 11 is 0. The van der Waals surface area contributed by atoms with Crippen LogP contribution in [0.2, 0.25) is 13.1 Å². The number of ether oxygens (including phenoxy) is 1. The lowest BCUT2D eigenvalue weighted by atomic mass is 10.6. The third-order valence-corrected chi connectivity index (χ3v) is 6.22. The van der Waals surface area contributed by atoms with Gasteiger partial charge in [-0.1, -0.05) is 0 Å². The topological polar surface area (TPSA) is 21.8 Å². The van der Waals surface area contributed by atoms with Crippen molar-refractivity contribution in [3.63, 3.8) is 0 Å². The summed E-state index contributed by atoms with van der Waals surface area (Å²) in [5, 5.41) is 0.113. The third-order valence-electron chi connectivity index (χ3n) is 2.36. The zero-order valence-electron chi connectivity index (χ0n) is 6.52. The summed E-state index contributed by atoms with van der Waals surface area (Å²) in [6, 6.07) is 0. The summed E-state index contributed by atoms with van der Waals surface area (Å²) in [6.07, 6.45) is 0. The Morgan fingerprint density at radius 1 is 1.56 bits per heavy atom. The van der Waals surface area contributed by atoms with Crippen LogP contribution in [-0.4, -0.2) is 27.3 Å². The molecule has 0 bridgehead atoms. The first-order valence-corrected chi connectivity index (χ1v) is 6.12. The van der Waals surface area contributed by atoms with Gasteiger partial charge in [0.15, 0.2) is 0 Å². The van der Waals surface area contributed by atoms with Gasteiger partial charge in [0, 0.05) is 7.11 Å². The van der Waals surface area contributed by atoms with Crippen LogP contribution in [0, 0.1) is 0 Å². The molecule has 1 rings (SSSR count). The van der Waals surface area contributed by atoms with E-state index in [4.69, 9.17) is 9.16 Å². The van der Waals surface area contributed by atoms with E-state index in [1.54, 1.807) is 7.11 Å². The molecule has 0 aromatic heterocycles. The Labute approximate surface area is 57.3 Å². The fourth-order valence-corrected chi connectivity index (χ4v) is 1.87. The van der Waals surface area contributed by atoms with E-state index < -0.39 is 8.32 Å². The fourth-order valence-electron chi connectivity index (χ4n) is 0.672. The first kappa shape index (κ1) is 7.25. The first-order valence-electron chi connectivity index (χ1n) is 3.21. The van der Waals surface area contributed by atoms with Gasteiger partial charge in [-0.2, -0.15) is 0 Å². The molecular weight excluding hydrogens is 132 g/mol. The maximum absolute atomic E-state index is 5.38. The monoisotopic (exact) mass is 146 g/mol. The standard InChI is InChI=1S/C6H14O2Si/c1-6(5-8-6)9(3,4)7-2/h5H2,1-4H3. The van der Waals surface area contributed by atoms with Gasteiger partial charge in [-0.15, -0.1) is 0 Å². The summed E-state index contributed by atoms with van der Waals surface area (Å²) in [4.78, 5) is 0. The molecule has 0 amide bonds. The van der Waals surface area contributed by atoms with Crippen molar-refractivity contribution in [3.05, 3.63) is 0 Å². The highest BCUT2D eigenvalue weighted by Crippen LogP contribution is 2.36. The van der Waals surface area contributed by atoms with Gasteiger partial charge in [0.2, 0.25) is 8.32 Å². The molecule has 3 heteroatoms. The summed E-state index contributed by atoms with van der Waals surface area (Å²) in [6.45, 7) is 7.38. The quantitative estimate of drug-likeness (QED) is 0.431. The van der Waals surface area contributed by atoms with E-state index >= 15 is 0 Å². The lowest BCUT2D eigenvalue weighted by molar-refractivity contribution is 0.320. The Balaban J connectivity index is 2.58. The van der Waals surface area contributed by atoms with Crippen LogP contribution in [0.15, 0.2) is 0 Å². The van der Waals surface area contributed by atoms with Crippen LogP contribution < -0.4 is 0 Å². The smallest absolute Gasteiger partial charge is 0.220 e. The predicted molar refractivity (Wildman–Crippen MR) is 38.8 cm³/mol. The van der Waals surface area contributed by atoms with E-state index in [1.165, 1.54) is 0 Å². The van der Waals surface area contributed by atoms with E-state index in [-0.39, 0.29) is 5.22 Å². The maximum Gasteiger partial charge on any atom is 0.220 e. The number of rotatable bonds is 2. The van der Waals surface area contributed by atoms with Crippen molar-refractivity contribution in [2.45, 2.75) is 25.2 Å². The van der Waals surface area contributed by atoms with Gasteiger partial charge >= 0.3 is 0 Å². The molecule has 0 aliphatic carbocycles. The molecule has 9 heavy (non-hydrogen) atoms. The van der Waals surface area contributed by atoms with Crippen molar-refractivity contribution in [2.24, 2.45) is 0 Å². The first-order chi connectivity index (χ1) is 4.02. The van der Waals surface area contributed by atoms with Crippen LogP contribution in [0.25, 0.3) is 0 Å². The predicted octanol–water partition coefficient (Wildman–Crippen LogP) is 1.17. The molecular formula is C6H14O2Si. The minimum absolute atomic E-state index is 0.113. The molecule has 1 aliphatic rings. The van der Waals surface area contributed by atoms with Crippen molar-refractivity contribution in [2.75, 3.05) is 13.7 Å². The van der Waals surface area contributed by atoms with E-state index in [1.807, 2.05) is 0 Å². The summed E-state index contributed by atoms with van der Waals surface area (Å²) < 4.78 is 10.7. The summed E-state index contributed by atoms with van der Waals surface area (Å²) in [7, 11) is 0.287. The van der Waals surface area contributed by atoms with Crippen LogP contribution in [-0.2, 0) is 9.16 Å². The summed E-state index contributed by atoms with van der Waals surface area (Å²) in [5.74, 6) is 0. The molecule has 1 heterocycles. The molecule has 0 spiro atoms. The Morgan fingerprint density at radius 2 is 2.00 bits per heavy atom. The molecule has 0 aromatic rings. The van der Waals surface area contributed by atoms with Gasteiger partial charge in [0.25, 0.3) is 0 Å². The molecule has 54 valence electrons. The molecule has 0 saturated carbocycles. The van der Waals surface area contributed by atoms with Crippen LogP contribution in [0.4, 0.5) is 0 Å². The van der Waals surface area contributed by atoms with Gasteiger partial charge < -0.3 is 9.16 Å². The van der Waals surface area contributed by atoms with E-state index in [2.05, 4.69) is 20.0 Å². The van der Waals surface area contributed by atoms with Gasteiger partial charge in [0.05, 0.1) is 6.61 Å². The number of hydrogen-bond donors (Lipinski definition) is 0. The van der Waals surface area contributed by atoms with Gasteiger partial charge in [0.1, 0.15) is 5.22 Å². The van der Waals surface area contributed by atoms with Crippen molar-refractivity contribution in [1.82, 2.24) is 0 Å². The minimum atomic E-state index is -1.49. The van der Waals surface area contributed by atoms with E-state index in [9.17, 15) is 0 Å². The minimum Gasteiger partial charge on any atom is -0.417 e. The molecule has 1 fully saturated rings. The highest BCUT2D eigenvalue weighted by Gasteiger charge is 2.55. The Hall–Kier alpha value is 0.137. The second-order valence-corrected chi connectivity index (χ2v) is 7.72. The average Bonchev–Trinajstić information content (AvgIpc) is 2.49. The fraction of sp³-hybridized carbons (Fsp3) is 1.00. The molecule has 2 nitrogen and oxygen atoms in total. The third kappa shape index (κ3) is 1.04. The highest BCUT2D eigenvalue weighted by atomic mass is 28.4. The average molecular weight is 146 g/mol. The lowest BCUT2D eigenvalue weighted by Gasteiger charge is -2.23. The second kappa shape index (κ2) is 1.81. The zero-order chi connectivity index (χ0) is 7.12. The highest BCUT2D eigenvalue weighted by molar-refractivity contribution is 6.74. The van der Waals surface area contributed by atoms with Crippen molar-refractivity contribution in [1.29, 1.82) is 0 Å². The number of epoxide rings is 1. The summed E-state index contributed by atoms with van der Waals surface area (Å²) in [5.41, 5.74) is 0.